The Morgan fingerprint density at radius 1 is 0.833 bits per heavy atom. The topological polar surface area (TPSA) is 103 Å². The standard InChI is InChI=1S/C27H38N2O6Si/c1-27(2,3)35-26(32)28-22(21-15-11-8-12-16-21)23(24(30)33-17-18-36(4,5)6)29-25(31)34-19-20-13-9-7-10-14-20/h7-16,22-23H,17-19H2,1-6H3,(H,28,32)(H,29,31)/t22-,23+/m1/s1. The maximum Gasteiger partial charge on any atom is 0.408 e. The molecule has 196 valence electrons. The van der Waals surface area contributed by atoms with Gasteiger partial charge in [0.1, 0.15) is 12.2 Å². The first-order valence-electron chi connectivity index (χ1n) is 12.0. The van der Waals surface area contributed by atoms with E-state index in [-0.39, 0.29) is 13.2 Å². The molecule has 8 nitrogen and oxygen atoms in total. The molecule has 0 spiro atoms. The van der Waals surface area contributed by atoms with Crippen molar-refractivity contribution in [3.05, 3.63) is 71.8 Å². The lowest BCUT2D eigenvalue weighted by molar-refractivity contribution is -0.146. The molecule has 2 amide bonds. The second-order valence-corrected chi connectivity index (χ2v) is 16.3. The molecule has 0 aliphatic rings. The molecular formula is C27H38N2O6Si. The van der Waals surface area contributed by atoms with Crippen LogP contribution in [0.25, 0.3) is 0 Å². The Morgan fingerprint density at radius 3 is 1.97 bits per heavy atom. The summed E-state index contributed by atoms with van der Waals surface area (Å²) in [5.74, 6) is -0.671. The van der Waals surface area contributed by atoms with Gasteiger partial charge in [0.25, 0.3) is 0 Å². The normalized spacial score (nSPS) is 13.2. The largest absolute Gasteiger partial charge is 0.464 e. The van der Waals surface area contributed by atoms with Gasteiger partial charge in [-0.15, -0.1) is 0 Å². The van der Waals surface area contributed by atoms with Crippen molar-refractivity contribution in [3.8, 4) is 0 Å². The quantitative estimate of drug-likeness (QED) is 0.249. The Labute approximate surface area is 214 Å². The van der Waals surface area contributed by atoms with Crippen molar-refractivity contribution >= 4 is 26.2 Å². The zero-order valence-electron chi connectivity index (χ0n) is 22.0. The molecule has 0 saturated heterocycles. The second-order valence-electron chi connectivity index (χ2n) is 10.7. The van der Waals surface area contributed by atoms with E-state index in [0.717, 1.165) is 11.6 Å². The van der Waals surface area contributed by atoms with Crippen molar-refractivity contribution in [2.45, 2.75) is 70.7 Å². The summed E-state index contributed by atoms with van der Waals surface area (Å²) in [5, 5.41) is 5.34. The molecule has 2 rings (SSSR count). The molecule has 2 aromatic carbocycles. The summed E-state index contributed by atoms with van der Waals surface area (Å²) >= 11 is 0. The Balaban J connectivity index is 2.27. The number of hydrogen-bond donors (Lipinski definition) is 2. The minimum Gasteiger partial charge on any atom is -0.464 e. The predicted molar refractivity (Wildman–Crippen MR) is 141 cm³/mol. The maximum absolute atomic E-state index is 13.3. The van der Waals surface area contributed by atoms with Gasteiger partial charge in [-0.2, -0.15) is 0 Å². The predicted octanol–water partition coefficient (Wildman–Crippen LogP) is 5.43. The van der Waals surface area contributed by atoms with Gasteiger partial charge in [-0.1, -0.05) is 80.3 Å². The van der Waals surface area contributed by atoms with Crippen LogP contribution in [0.5, 0.6) is 0 Å². The van der Waals surface area contributed by atoms with Crippen LogP contribution in [0.1, 0.15) is 37.9 Å². The third-order valence-corrected chi connectivity index (χ3v) is 6.70. The fourth-order valence-corrected chi connectivity index (χ4v) is 3.89. The maximum atomic E-state index is 13.3. The van der Waals surface area contributed by atoms with E-state index in [2.05, 4.69) is 30.3 Å². The van der Waals surface area contributed by atoms with E-state index in [1.54, 1.807) is 45.0 Å². The zero-order chi connectivity index (χ0) is 26.8. The minimum absolute atomic E-state index is 0.0273. The van der Waals surface area contributed by atoms with Crippen LogP contribution in [-0.4, -0.2) is 44.5 Å². The number of nitrogens with one attached hydrogen (secondary N) is 2. The van der Waals surface area contributed by atoms with E-state index >= 15 is 0 Å². The van der Waals surface area contributed by atoms with Gasteiger partial charge in [0.05, 0.1) is 12.6 Å². The van der Waals surface area contributed by atoms with E-state index < -0.39 is 43.9 Å². The number of hydrogen-bond acceptors (Lipinski definition) is 6. The molecule has 9 heteroatoms. The van der Waals surface area contributed by atoms with Crippen molar-refractivity contribution in [3.63, 3.8) is 0 Å². The molecule has 2 N–H and O–H groups in total. The fourth-order valence-electron chi connectivity index (χ4n) is 3.17. The average molecular weight is 515 g/mol. The van der Waals surface area contributed by atoms with Crippen molar-refractivity contribution in [1.82, 2.24) is 10.6 Å². The van der Waals surface area contributed by atoms with Crippen LogP contribution in [0.3, 0.4) is 0 Å². The van der Waals surface area contributed by atoms with Crippen molar-refractivity contribution in [2.75, 3.05) is 6.61 Å². The molecule has 0 radical (unpaired) electrons. The highest BCUT2D eigenvalue weighted by atomic mass is 28.3. The number of benzene rings is 2. The van der Waals surface area contributed by atoms with Crippen LogP contribution in [0, 0.1) is 0 Å². The van der Waals surface area contributed by atoms with Crippen LogP contribution >= 0.6 is 0 Å². The summed E-state index contributed by atoms with van der Waals surface area (Å²) in [6, 6.07) is 16.6. The van der Waals surface area contributed by atoms with E-state index in [9.17, 15) is 14.4 Å². The van der Waals surface area contributed by atoms with Crippen molar-refractivity contribution < 1.29 is 28.6 Å². The Bertz CT molecular complexity index is 987. The summed E-state index contributed by atoms with van der Waals surface area (Å²) in [4.78, 5) is 38.7. The number of ether oxygens (including phenoxy) is 3. The van der Waals surface area contributed by atoms with Gasteiger partial charge in [0.2, 0.25) is 0 Å². The smallest absolute Gasteiger partial charge is 0.408 e. The lowest BCUT2D eigenvalue weighted by Gasteiger charge is -2.29. The first kappa shape index (κ1) is 28.9. The summed E-state index contributed by atoms with van der Waals surface area (Å²) in [7, 11) is -1.46. The zero-order valence-corrected chi connectivity index (χ0v) is 23.0. The summed E-state index contributed by atoms with van der Waals surface area (Å²) in [6.07, 6.45) is -1.53. The van der Waals surface area contributed by atoms with Gasteiger partial charge in [-0.3, -0.25) is 0 Å². The van der Waals surface area contributed by atoms with E-state index in [1.807, 2.05) is 36.4 Å². The lowest BCUT2D eigenvalue weighted by Crippen LogP contribution is -2.52. The number of alkyl carbamates (subject to hydrolysis) is 2. The van der Waals surface area contributed by atoms with Gasteiger partial charge in [0.15, 0.2) is 6.04 Å². The van der Waals surface area contributed by atoms with Crippen LogP contribution in [0.15, 0.2) is 60.7 Å². The first-order valence-corrected chi connectivity index (χ1v) is 15.7. The summed E-state index contributed by atoms with van der Waals surface area (Å²) < 4.78 is 16.3. The fraction of sp³-hybridized carbons (Fsp3) is 0.444. The molecule has 0 aliphatic heterocycles. The molecule has 0 fully saturated rings. The van der Waals surface area contributed by atoms with Gasteiger partial charge in [0, 0.05) is 8.07 Å². The van der Waals surface area contributed by atoms with Gasteiger partial charge >= 0.3 is 18.2 Å². The summed E-state index contributed by atoms with van der Waals surface area (Å²) in [6.45, 7) is 12.0. The minimum atomic E-state index is -1.46. The van der Waals surface area contributed by atoms with Crippen LogP contribution in [0.2, 0.25) is 25.7 Å². The first-order chi connectivity index (χ1) is 16.8. The SMILES string of the molecule is CC(C)(C)OC(=O)N[C@H](c1ccccc1)[C@H](NC(=O)OCc1ccccc1)C(=O)OCC[Si](C)(C)C. The molecule has 0 aromatic heterocycles. The third-order valence-electron chi connectivity index (χ3n) is 5.00. The molecule has 36 heavy (non-hydrogen) atoms. The van der Waals surface area contributed by atoms with E-state index in [0.29, 0.717) is 5.56 Å². The monoisotopic (exact) mass is 514 g/mol. The van der Waals surface area contributed by atoms with Crippen LogP contribution in [0.4, 0.5) is 9.59 Å². The van der Waals surface area contributed by atoms with Crippen molar-refractivity contribution in [2.24, 2.45) is 0 Å². The highest BCUT2D eigenvalue weighted by molar-refractivity contribution is 6.76. The van der Waals surface area contributed by atoms with Gasteiger partial charge in [-0.25, -0.2) is 14.4 Å². The van der Waals surface area contributed by atoms with Crippen molar-refractivity contribution in [1.29, 1.82) is 0 Å². The Hall–Kier alpha value is -3.33. The molecular weight excluding hydrogens is 476 g/mol. The highest BCUT2D eigenvalue weighted by Gasteiger charge is 2.35. The number of carbonyl (C=O) groups excluding carboxylic acids is 3. The number of esters is 1. The van der Waals surface area contributed by atoms with Crippen LogP contribution in [-0.2, 0) is 25.6 Å². The van der Waals surface area contributed by atoms with E-state index in [4.69, 9.17) is 14.2 Å². The third kappa shape index (κ3) is 10.9. The highest BCUT2D eigenvalue weighted by Crippen LogP contribution is 2.21. The van der Waals surface area contributed by atoms with Gasteiger partial charge < -0.3 is 24.8 Å². The summed E-state index contributed by atoms with van der Waals surface area (Å²) in [5.41, 5.74) is 0.646. The molecule has 0 aliphatic carbocycles. The number of carbonyl (C=O) groups is 3. The van der Waals surface area contributed by atoms with Gasteiger partial charge in [-0.05, 0) is 37.9 Å². The average Bonchev–Trinajstić information content (AvgIpc) is 2.79. The molecule has 0 unspecified atom stereocenters. The lowest BCUT2D eigenvalue weighted by atomic mass is 9.99. The Morgan fingerprint density at radius 2 is 1.42 bits per heavy atom. The number of amides is 2. The van der Waals surface area contributed by atoms with E-state index in [1.165, 1.54) is 0 Å². The van der Waals surface area contributed by atoms with Crippen LogP contribution < -0.4 is 10.6 Å². The number of rotatable bonds is 10. The molecule has 0 saturated carbocycles. The molecule has 2 atom stereocenters. The Kier molecular flexibility index (Phi) is 10.5. The molecule has 2 aromatic rings. The molecule has 0 heterocycles. The second kappa shape index (κ2) is 13.1. The molecule has 0 bridgehead atoms.